The molecule has 0 aliphatic carbocycles. The molecular formula is C20H22F3N7OS. The van der Waals surface area contributed by atoms with Crippen LogP contribution in [-0.2, 0) is 6.54 Å². The van der Waals surface area contributed by atoms with Gasteiger partial charge in [-0.3, -0.25) is 4.79 Å². The van der Waals surface area contributed by atoms with Gasteiger partial charge >= 0.3 is 0 Å². The number of rotatable bonds is 7. The van der Waals surface area contributed by atoms with E-state index in [0.717, 1.165) is 0 Å². The maximum absolute atomic E-state index is 13.3. The maximum atomic E-state index is 13.3. The van der Waals surface area contributed by atoms with Crippen LogP contribution in [0.1, 0.15) is 34.5 Å². The van der Waals surface area contributed by atoms with Crippen LogP contribution in [0.2, 0.25) is 0 Å². The highest BCUT2D eigenvalue weighted by atomic mass is 32.1. The quantitative estimate of drug-likeness (QED) is 0.534. The lowest BCUT2D eigenvalue weighted by Crippen LogP contribution is -2.43. The fourth-order valence-corrected chi connectivity index (χ4v) is 4.45. The summed E-state index contributed by atoms with van der Waals surface area (Å²) < 4.78 is 45.0. The molecular weight excluding hydrogens is 443 g/mol. The molecule has 1 aliphatic rings. The van der Waals surface area contributed by atoms with E-state index in [9.17, 15) is 18.0 Å². The third-order valence-electron chi connectivity index (χ3n) is 5.32. The number of fused-ring (bicyclic) bond motifs is 1. The molecule has 0 fully saturated rings. The molecule has 0 spiro atoms. The predicted octanol–water partition coefficient (Wildman–Crippen LogP) is 3.03. The van der Waals surface area contributed by atoms with Gasteiger partial charge in [0.1, 0.15) is 11.6 Å². The van der Waals surface area contributed by atoms with Gasteiger partial charge in [-0.05, 0) is 56.2 Å². The third kappa shape index (κ3) is 4.65. The van der Waals surface area contributed by atoms with Gasteiger partial charge in [-0.25, -0.2) is 18.2 Å². The summed E-state index contributed by atoms with van der Waals surface area (Å²) >= 11 is 1.22. The van der Waals surface area contributed by atoms with Crippen molar-refractivity contribution in [2.24, 2.45) is 0 Å². The molecule has 3 aromatic rings. The van der Waals surface area contributed by atoms with E-state index in [4.69, 9.17) is 0 Å². The molecule has 0 bridgehead atoms. The highest BCUT2D eigenvalue weighted by Gasteiger charge is 2.35. The molecule has 0 N–H and O–H groups in total. The van der Waals surface area contributed by atoms with Gasteiger partial charge < -0.3 is 14.4 Å². The molecule has 1 aromatic carbocycles. The first-order chi connectivity index (χ1) is 15.3. The van der Waals surface area contributed by atoms with Crippen molar-refractivity contribution in [2.75, 3.05) is 26.7 Å². The minimum Gasteiger partial charge on any atom is -0.327 e. The second-order valence-corrected chi connectivity index (χ2v) is 8.40. The molecule has 3 heterocycles. The topological polar surface area (TPSA) is 80.0 Å². The summed E-state index contributed by atoms with van der Waals surface area (Å²) in [6, 6.07) is 4.87. The number of aromatic nitrogens is 5. The first-order valence-corrected chi connectivity index (χ1v) is 10.9. The van der Waals surface area contributed by atoms with E-state index in [1.54, 1.807) is 18.9 Å². The second kappa shape index (κ2) is 9.33. The van der Waals surface area contributed by atoms with Crippen LogP contribution in [0.4, 0.5) is 13.2 Å². The Morgan fingerprint density at radius 1 is 1.25 bits per heavy atom. The molecule has 0 saturated heterocycles. The zero-order valence-corrected chi connectivity index (χ0v) is 18.4. The van der Waals surface area contributed by atoms with Crippen LogP contribution in [0.25, 0.3) is 10.8 Å². The first-order valence-electron chi connectivity index (χ1n) is 10.1. The zero-order valence-electron chi connectivity index (χ0n) is 17.6. The molecule has 12 heteroatoms. The largest absolute Gasteiger partial charge is 0.327 e. The van der Waals surface area contributed by atoms with Gasteiger partial charge in [0.05, 0.1) is 12.6 Å². The van der Waals surface area contributed by atoms with E-state index in [-0.39, 0.29) is 12.5 Å². The lowest BCUT2D eigenvalue weighted by molar-refractivity contribution is 0.0564. The summed E-state index contributed by atoms with van der Waals surface area (Å²) in [7, 11) is 1.61. The Morgan fingerprint density at radius 3 is 2.66 bits per heavy atom. The van der Waals surface area contributed by atoms with Crippen molar-refractivity contribution in [3.05, 3.63) is 47.3 Å². The fraction of sp³-hybridized carbons (Fsp3) is 0.450. The molecule has 170 valence electrons. The molecule has 32 heavy (non-hydrogen) atoms. The van der Waals surface area contributed by atoms with Crippen LogP contribution < -0.4 is 0 Å². The number of hydrogen-bond donors (Lipinski definition) is 0. The van der Waals surface area contributed by atoms with Gasteiger partial charge in [-0.1, -0.05) is 0 Å². The zero-order chi connectivity index (χ0) is 22.8. The van der Waals surface area contributed by atoms with Crippen molar-refractivity contribution in [2.45, 2.75) is 32.4 Å². The van der Waals surface area contributed by atoms with Gasteiger partial charge in [0.2, 0.25) is 0 Å². The predicted molar refractivity (Wildman–Crippen MR) is 112 cm³/mol. The van der Waals surface area contributed by atoms with Crippen LogP contribution in [0.3, 0.4) is 0 Å². The number of carbonyl (C=O) groups excluding carboxylic acids is 1. The summed E-state index contributed by atoms with van der Waals surface area (Å²) in [5.41, 5.74) is 0.352. The van der Waals surface area contributed by atoms with Crippen LogP contribution in [0.15, 0.2) is 24.3 Å². The Labute approximate surface area is 186 Å². The van der Waals surface area contributed by atoms with E-state index in [1.165, 1.54) is 40.7 Å². The number of benzene rings is 1. The van der Waals surface area contributed by atoms with Crippen molar-refractivity contribution in [3.63, 3.8) is 0 Å². The summed E-state index contributed by atoms with van der Waals surface area (Å²) in [6.45, 7) is 2.59. The van der Waals surface area contributed by atoms with Gasteiger partial charge in [0.25, 0.3) is 12.3 Å². The maximum Gasteiger partial charge on any atom is 0.254 e. The van der Waals surface area contributed by atoms with Crippen molar-refractivity contribution in [1.82, 2.24) is 33.9 Å². The van der Waals surface area contributed by atoms with Crippen molar-refractivity contribution < 1.29 is 18.0 Å². The minimum absolute atomic E-state index is 0.269. The molecule has 1 unspecified atom stereocenters. The van der Waals surface area contributed by atoms with Crippen LogP contribution in [0.5, 0.6) is 0 Å². The smallest absolute Gasteiger partial charge is 0.254 e. The van der Waals surface area contributed by atoms with Gasteiger partial charge in [-0.2, -0.15) is 4.37 Å². The highest BCUT2D eigenvalue weighted by molar-refractivity contribution is 7.09. The van der Waals surface area contributed by atoms with Crippen LogP contribution in [-0.4, -0.2) is 72.9 Å². The van der Waals surface area contributed by atoms with E-state index in [2.05, 4.69) is 19.6 Å². The van der Waals surface area contributed by atoms with E-state index in [0.29, 0.717) is 54.1 Å². The number of aryl methyl sites for hydroxylation is 1. The van der Waals surface area contributed by atoms with Gasteiger partial charge in [0, 0.05) is 25.2 Å². The van der Waals surface area contributed by atoms with Crippen LogP contribution >= 0.6 is 11.5 Å². The second-order valence-electron chi connectivity index (χ2n) is 7.64. The standard InChI is InChI=1S/C20H22F3N7OS/c1-12-24-19(32-27-12)18-26-25-17-15(7-8-28(2)11-16(22)23)29(9-10-30(17)18)20(31)13-3-5-14(21)6-4-13/h3-6,15-16H,7-11H2,1-2H3. The van der Waals surface area contributed by atoms with Crippen molar-refractivity contribution >= 4 is 17.4 Å². The summed E-state index contributed by atoms with van der Waals surface area (Å²) in [5.74, 6) is 1.08. The van der Waals surface area contributed by atoms with E-state index < -0.39 is 18.3 Å². The molecule has 4 rings (SSSR count). The number of nitrogens with zero attached hydrogens (tertiary/aromatic N) is 7. The molecule has 1 atom stereocenters. The number of hydrogen-bond acceptors (Lipinski definition) is 7. The lowest BCUT2D eigenvalue weighted by atomic mass is 10.1. The lowest BCUT2D eigenvalue weighted by Gasteiger charge is -2.36. The average Bonchev–Trinajstić information content (AvgIpc) is 3.37. The SMILES string of the molecule is Cc1nsc(-c2nnc3n2CCN(C(=O)c2ccc(F)cc2)C3CCN(C)CC(F)F)n1. The molecule has 8 nitrogen and oxygen atoms in total. The highest BCUT2D eigenvalue weighted by Crippen LogP contribution is 2.32. The van der Waals surface area contributed by atoms with Crippen molar-refractivity contribution in [1.29, 1.82) is 0 Å². The monoisotopic (exact) mass is 465 g/mol. The average molecular weight is 466 g/mol. The number of alkyl halides is 2. The Kier molecular flexibility index (Phi) is 6.51. The van der Waals surface area contributed by atoms with E-state index >= 15 is 0 Å². The molecule has 2 aromatic heterocycles. The Hall–Kier alpha value is -2.86. The minimum atomic E-state index is -2.45. The van der Waals surface area contributed by atoms with Crippen molar-refractivity contribution in [3.8, 4) is 10.8 Å². The van der Waals surface area contributed by atoms with E-state index in [1.807, 2.05) is 4.57 Å². The van der Waals surface area contributed by atoms with Gasteiger partial charge in [0.15, 0.2) is 16.7 Å². The summed E-state index contributed by atoms with van der Waals surface area (Å²) in [5, 5.41) is 9.25. The number of halogens is 3. The molecule has 0 saturated carbocycles. The third-order valence-corrected chi connectivity index (χ3v) is 6.13. The first kappa shape index (κ1) is 22.3. The normalized spacial score (nSPS) is 16.1. The summed E-state index contributed by atoms with van der Waals surface area (Å²) in [6.07, 6.45) is -2.05. The number of amides is 1. The Bertz CT molecular complexity index is 1090. The Morgan fingerprint density at radius 2 is 2.00 bits per heavy atom. The Balaban J connectivity index is 1.64. The van der Waals surface area contributed by atoms with Crippen LogP contribution in [0, 0.1) is 12.7 Å². The van der Waals surface area contributed by atoms with Gasteiger partial charge in [-0.15, -0.1) is 10.2 Å². The molecule has 0 radical (unpaired) electrons. The molecule has 1 amide bonds. The fourth-order valence-electron chi connectivity index (χ4n) is 3.79. The molecule has 1 aliphatic heterocycles. The number of carbonyl (C=O) groups is 1. The summed E-state index contributed by atoms with van der Waals surface area (Å²) in [4.78, 5) is 20.8.